The van der Waals surface area contributed by atoms with Gasteiger partial charge in [-0.2, -0.15) is 0 Å². The number of carbonyl (C=O) groups is 2. The number of piperidine rings is 1. The number of hydrogen-bond donors (Lipinski definition) is 2. The Morgan fingerprint density at radius 1 is 1.29 bits per heavy atom. The fourth-order valence-electron chi connectivity index (χ4n) is 2.33. The van der Waals surface area contributed by atoms with Gasteiger partial charge in [-0.25, -0.2) is 4.79 Å². The molecule has 0 bridgehead atoms. The molecule has 1 unspecified atom stereocenters. The third-order valence-electron chi connectivity index (χ3n) is 3.48. The molecule has 1 amide bonds. The van der Waals surface area contributed by atoms with E-state index in [4.69, 9.17) is 10.5 Å². The van der Waals surface area contributed by atoms with E-state index in [0.29, 0.717) is 25.9 Å². The standard InChI is InChI=1S/C14H26N2O4.ClH/c1-9(15)12(17)16-7-5-10(6-8-16)20-11(13(18)19)14(2,3)4;/h9-11H,5-8,15H2,1-4H3,(H,18,19);1H/t9?,11-;/m1./s1. The molecule has 3 N–H and O–H groups in total. The maximum atomic E-state index is 11.8. The lowest BCUT2D eigenvalue weighted by Crippen LogP contribution is -2.49. The predicted molar refractivity (Wildman–Crippen MR) is 82.5 cm³/mol. The van der Waals surface area contributed by atoms with Crippen molar-refractivity contribution in [2.75, 3.05) is 13.1 Å². The van der Waals surface area contributed by atoms with Gasteiger partial charge in [0.05, 0.1) is 12.1 Å². The molecule has 21 heavy (non-hydrogen) atoms. The van der Waals surface area contributed by atoms with E-state index in [1.165, 1.54) is 0 Å². The van der Waals surface area contributed by atoms with Crippen molar-refractivity contribution in [3.63, 3.8) is 0 Å². The summed E-state index contributed by atoms with van der Waals surface area (Å²) in [4.78, 5) is 24.8. The van der Waals surface area contributed by atoms with Gasteiger partial charge in [-0.3, -0.25) is 4.79 Å². The summed E-state index contributed by atoms with van der Waals surface area (Å²) < 4.78 is 5.74. The van der Waals surface area contributed by atoms with E-state index < -0.39 is 23.5 Å². The zero-order valence-corrected chi connectivity index (χ0v) is 14.0. The second-order valence-corrected chi connectivity index (χ2v) is 6.53. The molecule has 0 spiro atoms. The summed E-state index contributed by atoms with van der Waals surface area (Å²) in [6.45, 7) is 8.36. The number of aliphatic carboxylic acids is 1. The van der Waals surface area contributed by atoms with Gasteiger partial charge in [-0.05, 0) is 25.2 Å². The minimum Gasteiger partial charge on any atom is -0.479 e. The topological polar surface area (TPSA) is 92.9 Å². The van der Waals surface area contributed by atoms with E-state index in [1.807, 2.05) is 20.8 Å². The molecule has 1 aliphatic rings. The largest absolute Gasteiger partial charge is 0.479 e. The second-order valence-electron chi connectivity index (χ2n) is 6.53. The first-order valence-corrected chi connectivity index (χ1v) is 7.05. The summed E-state index contributed by atoms with van der Waals surface area (Å²) >= 11 is 0. The molecule has 1 rings (SSSR count). The van der Waals surface area contributed by atoms with Crippen molar-refractivity contribution in [1.82, 2.24) is 4.90 Å². The van der Waals surface area contributed by atoms with E-state index in [2.05, 4.69) is 0 Å². The molecule has 7 heteroatoms. The highest BCUT2D eigenvalue weighted by molar-refractivity contribution is 5.85. The Bertz CT molecular complexity index is 360. The molecule has 124 valence electrons. The summed E-state index contributed by atoms with van der Waals surface area (Å²) in [5.74, 6) is -0.999. The number of carbonyl (C=O) groups excluding carboxylic acids is 1. The van der Waals surface area contributed by atoms with Crippen LogP contribution in [0.4, 0.5) is 0 Å². The Morgan fingerprint density at radius 2 is 1.76 bits per heavy atom. The van der Waals surface area contributed by atoms with Crippen LogP contribution in [-0.4, -0.2) is 53.2 Å². The molecule has 1 fully saturated rings. The second kappa shape index (κ2) is 7.96. The van der Waals surface area contributed by atoms with Crippen molar-refractivity contribution in [3.8, 4) is 0 Å². The summed E-state index contributed by atoms with van der Waals surface area (Å²) in [6, 6.07) is -0.492. The SMILES string of the molecule is CC(N)C(=O)N1CCC(O[C@H](C(=O)O)C(C)(C)C)CC1.Cl. The van der Waals surface area contributed by atoms with Crippen LogP contribution >= 0.6 is 12.4 Å². The average molecular weight is 323 g/mol. The van der Waals surface area contributed by atoms with Crippen LogP contribution in [0.3, 0.4) is 0 Å². The number of hydrogen-bond acceptors (Lipinski definition) is 4. The highest BCUT2D eigenvalue weighted by Crippen LogP contribution is 2.26. The van der Waals surface area contributed by atoms with Gasteiger partial charge in [0.2, 0.25) is 5.91 Å². The Hall–Kier alpha value is -0.850. The van der Waals surface area contributed by atoms with E-state index in [0.717, 1.165) is 0 Å². The molecular formula is C14H27ClN2O4. The molecule has 6 nitrogen and oxygen atoms in total. The number of ether oxygens (including phenoxy) is 1. The van der Waals surface area contributed by atoms with Crippen LogP contribution in [0.2, 0.25) is 0 Å². The van der Waals surface area contributed by atoms with E-state index >= 15 is 0 Å². The van der Waals surface area contributed by atoms with E-state index in [9.17, 15) is 14.7 Å². The average Bonchev–Trinajstić information content (AvgIpc) is 2.33. The lowest BCUT2D eigenvalue weighted by atomic mass is 9.88. The molecule has 1 heterocycles. The Kier molecular flexibility index (Phi) is 7.64. The summed E-state index contributed by atoms with van der Waals surface area (Å²) in [5, 5.41) is 9.25. The van der Waals surface area contributed by atoms with Gasteiger partial charge in [0, 0.05) is 13.1 Å². The van der Waals surface area contributed by atoms with Gasteiger partial charge >= 0.3 is 5.97 Å². The number of halogens is 1. The molecule has 0 aromatic rings. The van der Waals surface area contributed by atoms with E-state index in [-0.39, 0.29) is 24.4 Å². The number of amides is 1. The number of nitrogens with zero attached hydrogens (tertiary/aromatic N) is 1. The van der Waals surface area contributed by atoms with Crippen molar-refractivity contribution in [2.24, 2.45) is 11.1 Å². The molecular weight excluding hydrogens is 296 g/mol. The van der Waals surface area contributed by atoms with Crippen LogP contribution in [0.5, 0.6) is 0 Å². The number of rotatable bonds is 4. The van der Waals surface area contributed by atoms with Crippen LogP contribution in [0.25, 0.3) is 0 Å². The van der Waals surface area contributed by atoms with Gasteiger partial charge in [0.1, 0.15) is 0 Å². The Morgan fingerprint density at radius 3 is 2.10 bits per heavy atom. The summed E-state index contributed by atoms with van der Waals surface area (Å²) in [6.07, 6.45) is 0.354. The van der Waals surface area contributed by atoms with Crippen molar-refractivity contribution in [2.45, 2.75) is 58.8 Å². The fraction of sp³-hybridized carbons (Fsp3) is 0.857. The van der Waals surface area contributed by atoms with Crippen LogP contribution < -0.4 is 5.73 Å². The van der Waals surface area contributed by atoms with Gasteiger partial charge in [0.25, 0.3) is 0 Å². The Balaban J connectivity index is 0.00000400. The quantitative estimate of drug-likeness (QED) is 0.813. The molecule has 1 saturated heterocycles. The molecule has 0 saturated carbocycles. The van der Waals surface area contributed by atoms with Crippen molar-refractivity contribution in [1.29, 1.82) is 0 Å². The first-order chi connectivity index (χ1) is 9.12. The third kappa shape index (κ3) is 5.80. The number of carboxylic acids is 1. The van der Waals surface area contributed by atoms with Crippen LogP contribution in [0.15, 0.2) is 0 Å². The maximum absolute atomic E-state index is 11.8. The van der Waals surface area contributed by atoms with E-state index in [1.54, 1.807) is 11.8 Å². The van der Waals surface area contributed by atoms with Gasteiger partial charge in [0.15, 0.2) is 6.10 Å². The normalized spacial score (nSPS) is 19.6. The van der Waals surface area contributed by atoms with Crippen LogP contribution in [0.1, 0.15) is 40.5 Å². The van der Waals surface area contributed by atoms with Crippen LogP contribution in [-0.2, 0) is 14.3 Å². The number of likely N-dealkylation sites (tertiary alicyclic amines) is 1. The number of nitrogens with two attached hydrogens (primary N) is 1. The lowest BCUT2D eigenvalue weighted by Gasteiger charge is -2.36. The van der Waals surface area contributed by atoms with Gasteiger partial charge in [-0.1, -0.05) is 20.8 Å². The van der Waals surface area contributed by atoms with Gasteiger partial charge in [-0.15, -0.1) is 12.4 Å². The highest BCUT2D eigenvalue weighted by Gasteiger charge is 2.35. The number of carboxylic acid groups (broad SMARTS) is 1. The molecule has 0 radical (unpaired) electrons. The molecule has 1 aliphatic heterocycles. The fourth-order valence-corrected chi connectivity index (χ4v) is 2.33. The molecule has 0 aliphatic carbocycles. The minimum atomic E-state index is -0.938. The third-order valence-corrected chi connectivity index (χ3v) is 3.48. The smallest absolute Gasteiger partial charge is 0.333 e. The molecule has 2 atom stereocenters. The Labute approximate surface area is 132 Å². The van der Waals surface area contributed by atoms with Crippen molar-refractivity contribution >= 4 is 24.3 Å². The molecule has 0 aromatic carbocycles. The summed E-state index contributed by atoms with van der Waals surface area (Å²) in [5.41, 5.74) is 5.12. The minimum absolute atomic E-state index is 0. The maximum Gasteiger partial charge on any atom is 0.333 e. The molecule has 0 aromatic heterocycles. The van der Waals surface area contributed by atoms with Crippen LogP contribution in [0, 0.1) is 5.41 Å². The van der Waals surface area contributed by atoms with Crippen molar-refractivity contribution < 1.29 is 19.4 Å². The first kappa shape index (κ1) is 20.1. The zero-order valence-electron chi connectivity index (χ0n) is 13.2. The zero-order chi connectivity index (χ0) is 15.5. The first-order valence-electron chi connectivity index (χ1n) is 7.05. The summed E-state index contributed by atoms with van der Waals surface area (Å²) in [7, 11) is 0. The highest BCUT2D eigenvalue weighted by atomic mass is 35.5. The lowest BCUT2D eigenvalue weighted by molar-refractivity contribution is -0.167. The monoisotopic (exact) mass is 322 g/mol. The predicted octanol–water partition coefficient (Wildman–Crippen LogP) is 1.26. The van der Waals surface area contributed by atoms with Gasteiger partial charge < -0.3 is 20.5 Å². The van der Waals surface area contributed by atoms with Crippen molar-refractivity contribution in [3.05, 3.63) is 0 Å².